The lowest BCUT2D eigenvalue weighted by Crippen LogP contribution is -2.41. The minimum Gasteiger partial charge on any atom is -0.353 e. The molecule has 3 rings (SSSR count). The van der Waals surface area contributed by atoms with Crippen LogP contribution in [0, 0.1) is 10.1 Å². The van der Waals surface area contributed by atoms with Gasteiger partial charge in [0.2, 0.25) is 5.91 Å². The third kappa shape index (κ3) is 5.14. The molecule has 8 heteroatoms. The van der Waals surface area contributed by atoms with Crippen molar-refractivity contribution in [2.45, 2.75) is 13.0 Å². The Morgan fingerprint density at radius 2 is 1.86 bits per heavy atom. The van der Waals surface area contributed by atoms with Crippen LogP contribution in [0.2, 0.25) is 0 Å². The number of nitrogens with zero attached hydrogens (tertiary/aromatic N) is 2. The lowest BCUT2D eigenvalue weighted by atomic mass is 10.00. The minimum atomic E-state index is -0.567. The Bertz CT molecular complexity index is 884. The topological polar surface area (TPSA) is 105 Å². The van der Waals surface area contributed by atoms with Crippen LogP contribution in [0.4, 0.5) is 5.69 Å². The summed E-state index contributed by atoms with van der Waals surface area (Å²) in [6.45, 7) is 2.88. The Balaban J connectivity index is 1.39. The van der Waals surface area contributed by atoms with Gasteiger partial charge in [-0.05, 0) is 23.6 Å². The predicted octanol–water partition coefficient (Wildman–Crippen LogP) is 1.50. The van der Waals surface area contributed by atoms with E-state index in [1.54, 1.807) is 0 Å². The summed E-state index contributed by atoms with van der Waals surface area (Å²) in [5.41, 5.74) is 2.69. The van der Waals surface area contributed by atoms with Gasteiger partial charge in [-0.15, -0.1) is 0 Å². The SMILES string of the molecule is O=C(CNC(=O)c1cccc([N+](=O)[O-])c1)NCCN1CCc2ccccc2C1. The average Bonchev–Trinajstić information content (AvgIpc) is 2.72. The molecule has 1 heterocycles. The van der Waals surface area contributed by atoms with Crippen LogP contribution >= 0.6 is 0 Å². The molecular formula is C20H22N4O4. The van der Waals surface area contributed by atoms with E-state index in [0.29, 0.717) is 6.54 Å². The highest BCUT2D eigenvalue weighted by Crippen LogP contribution is 2.17. The monoisotopic (exact) mass is 382 g/mol. The number of carbonyl (C=O) groups is 2. The summed E-state index contributed by atoms with van der Waals surface area (Å²) >= 11 is 0. The zero-order valence-electron chi connectivity index (χ0n) is 15.4. The first kappa shape index (κ1) is 19.5. The molecule has 2 amide bonds. The second-order valence-corrected chi connectivity index (χ2v) is 6.63. The van der Waals surface area contributed by atoms with E-state index in [4.69, 9.17) is 0 Å². The molecule has 0 unspecified atom stereocenters. The maximum atomic E-state index is 12.0. The first-order valence-electron chi connectivity index (χ1n) is 9.11. The highest BCUT2D eigenvalue weighted by Gasteiger charge is 2.16. The van der Waals surface area contributed by atoms with E-state index in [0.717, 1.165) is 26.1 Å². The van der Waals surface area contributed by atoms with E-state index in [1.165, 1.54) is 35.4 Å². The fourth-order valence-corrected chi connectivity index (χ4v) is 3.18. The summed E-state index contributed by atoms with van der Waals surface area (Å²) in [7, 11) is 0. The van der Waals surface area contributed by atoms with Crippen molar-refractivity contribution in [3.8, 4) is 0 Å². The second kappa shape index (κ2) is 9.09. The lowest BCUT2D eigenvalue weighted by Gasteiger charge is -2.28. The maximum absolute atomic E-state index is 12.0. The molecule has 0 aliphatic carbocycles. The fourth-order valence-electron chi connectivity index (χ4n) is 3.18. The van der Waals surface area contributed by atoms with Crippen molar-refractivity contribution in [1.82, 2.24) is 15.5 Å². The molecular weight excluding hydrogens is 360 g/mol. The molecule has 1 aliphatic rings. The molecule has 0 atom stereocenters. The van der Waals surface area contributed by atoms with Gasteiger partial charge in [0.15, 0.2) is 0 Å². The largest absolute Gasteiger partial charge is 0.353 e. The number of nitrogens with one attached hydrogen (secondary N) is 2. The molecule has 28 heavy (non-hydrogen) atoms. The van der Waals surface area contributed by atoms with Gasteiger partial charge in [-0.3, -0.25) is 24.6 Å². The van der Waals surface area contributed by atoms with Gasteiger partial charge in [0.1, 0.15) is 0 Å². The highest BCUT2D eigenvalue weighted by atomic mass is 16.6. The number of rotatable bonds is 7. The van der Waals surface area contributed by atoms with Crippen LogP contribution < -0.4 is 10.6 Å². The first-order valence-corrected chi connectivity index (χ1v) is 9.11. The zero-order chi connectivity index (χ0) is 19.9. The zero-order valence-corrected chi connectivity index (χ0v) is 15.4. The Hall–Kier alpha value is -3.26. The van der Waals surface area contributed by atoms with Crippen molar-refractivity contribution in [2.24, 2.45) is 0 Å². The lowest BCUT2D eigenvalue weighted by molar-refractivity contribution is -0.384. The number of carbonyl (C=O) groups excluding carboxylic acids is 2. The molecule has 0 saturated heterocycles. The van der Waals surface area contributed by atoms with Crippen molar-refractivity contribution in [3.05, 3.63) is 75.3 Å². The van der Waals surface area contributed by atoms with Gasteiger partial charge >= 0.3 is 0 Å². The Morgan fingerprint density at radius 1 is 1.07 bits per heavy atom. The molecule has 0 aromatic heterocycles. The number of hydrogen-bond acceptors (Lipinski definition) is 5. The molecule has 0 bridgehead atoms. The van der Waals surface area contributed by atoms with Gasteiger partial charge in [0.05, 0.1) is 11.5 Å². The summed E-state index contributed by atoms with van der Waals surface area (Å²) in [5.74, 6) is -0.817. The van der Waals surface area contributed by atoms with Crippen LogP contribution in [0.1, 0.15) is 21.5 Å². The van der Waals surface area contributed by atoms with E-state index < -0.39 is 10.8 Å². The van der Waals surface area contributed by atoms with Crippen LogP contribution in [0.25, 0.3) is 0 Å². The van der Waals surface area contributed by atoms with Crippen LogP contribution in [-0.2, 0) is 17.8 Å². The number of nitro groups is 1. The van der Waals surface area contributed by atoms with E-state index in [1.807, 2.05) is 6.07 Å². The van der Waals surface area contributed by atoms with Gasteiger partial charge in [0, 0.05) is 43.9 Å². The third-order valence-electron chi connectivity index (χ3n) is 4.69. The predicted molar refractivity (Wildman–Crippen MR) is 104 cm³/mol. The Labute approximate surface area is 162 Å². The van der Waals surface area contributed by atoms with Gasteiger partial charge < -0.3 is 10.6 Å². The van der Waals surface area contributed by atoms with E-state index in [2.05, 4.69) is 33.7 Å². The number of non-ortho nitro benzene ring substituents is 1. The summed E-state index contributed by atoms with van der Waals surface area (Å²) in [4.78, 5) is 36.5. The van der Waals surface area contributed by atoms with Crippen molar-refractivity contribution < 1.29 is 14.5 Å². The molecule has 2 aromatic carbocycles. The molecule has 0 saturated carbocycles. The van der Waals surface area contributed by atoms with Gasteiger partial charge in [-0.1, -0.05) is 30.3 Å². The second-order valence-electron chi connectivity index (χ2n) is 6.63. The molecule has 0 radical (unpaired) electrons. The maximum Gasteiger partial charge on any atom is 0.270 e. The van der Waals surface area contributed by atoms with E-state index in [-0.39, 0.29) is 23.7 Å². The number of benzene rings is 2. The molecule has 0 spiro atoms. The number of amides is 2. The number of fused-ring (bicyclic) bond motifs is 1. The molecule has 0 fully saturated rings. The standard InChI is InChI=1S/C20H22N4O4/c25-19(13-22-20(26)16-6-3-7-18(12-16)24(27)28)21-9-11-23-10-8-15-4-1-2-5-17(15)14-23/h1-7,12H,8-11,13-14H2,(H,21,25)(H,22,26). The Kier molecular flexibility index (Phi) is 6.33. The van der Waals surface area contributed by atoms with Crippen LogP contribution in [0.15, 0.2) is 48.5 Å². The van der Waals surface area contributed by atoms with Crippen LogP contribution in [0.3, 0.4) is 0 Å². The molecule has 1 aliphatic heterocycles. The number of hydrogen-bond donors (Lipinski definition) is 2. The summed E-state index contributed by atoms with van der Waals surface area (Å²) in [6, 6.07) is 13.8. The van der Waals surface area contributed by atoms with Crippen LogP contribution in [-0.4, -0.2) is 47.8 Å². The Morgan fingerprint density at radius 3 is 2.64 bits per heavy atom. The number of nitro benzene ring substituents is 1. The van der Waals surface area contributed by atoms with E-state index >= 15 is 0 Å². The smallest absolute Gasteiger partial charge is 0.270 e. The third-order valence-corrected chi connectivity index (χ3v) is 4.69. The summed E-state index contributed by atoms with van der Waals surface area (Å²) in [6.07, 6.45) is 1.00. The van der Waals surface area contributed by atoms with Gasteiger partial charge in [0.25, 0.3) is 11.6 Å². The molecule has 146 valence electrons. The molecule has 2 N–H and O–H groups in total. The highest BCUT2D eigenvalue weighted by molar-refractivity contribution is 5.96. The van der Waals surface area contributed by atoms with Crippen molar-refractivity contribution in [2.75, 3.05) is 26.2 Å². The van der Waals surface area contributed by atoms with Gasteiger partial charge in [-0.2, -0.15) is 0 Å². The van der Waals surface area contributed by atoms with Crippen molar-refractivity contribution >= 4 is 17.5 Å². The average molecular weight is 382 g/mol. The normalized spacial score (nSPS) is 13.4. The molecule has 8 nitrogen and oxygen atoms in total. The van der Waals surface area contributed by atoms with Crippen molar-refractivity contribution in [1.29, 1.82) is 0 Å². The van der Waals surface area contributed by atoms with E-state index in [9.17, 15) is 19.7 Å². The van der Waals surface area contributed by atoms with Crippen molar-refractivity contribution in [3.63, 3.8) is 0 Å². The first-order chi connectivity index (χ1) is 13.5. The fraction of sp³-hybridized carbons (Fsp3) is 0.300. The molecule has 2 aromatic rings. The summed E-state index contributed by atoms with van der Waals surface area (Å²) < 4.78 is 0. The summed E-state index contributed by atoms with van der Waals surface area (Å²) in [5, 5.41) is 16.0. The quantitative estimate of drug-likeness (QED) is 0.558. The van der Waals surface area contributed by atoms with Crippen LogP contribution in [0.5, 0.6) is 0 Å². The van der Waals surface area contributed by atoms with Gasteiger partial charge in [-0.25, -0.2) is 0 Å². The minimum absolute atomic E-state index is 0.147.